The van der Waals surface area contributed by atoms with Gasteiger partial charge in [-0.25, -0.2) is 9.37 Å². The molecule has 0 unspecified atom stereocenters. The van der Waals surface area contributed by atoms with Crippen LogP contribution in [0.3, 0.4) is 0 Å². The number of hydrogen-bond acceptors (Lipinski definition) is 8. The summed E-state index contributed by atoms with van der Waals surface area (Å²) in [4.78, 5) is 11.8. The third-order valence-electron chi connectivity index (χ3n) is 3.59. The van der Waals surface area contributed by atoms with Crippen molar-refractivity contribution in [2.24, 2.45) is 0 Å². The van der Waals surface area contributed by atoms with Crippen molar-refractivity contribution in [3.63, 3.8) is 0 Å². The number of halogens is 1. The number of fused-ring (bicyclic) bond motifs is 1. The van der Waals surface area contributed by atoms with E-state index in [9.17, 15) is 9.50 Å². The maximum Gasteiger partial charge on any atom is 0.224 e. The van der Waals surface area contributed by atoms with Crippen molar-refractivity contribution in [2.75, 3.05) is 18.1 Å². The van der Waals surface area contributed by atoms with E-state index in [1.807, 2.05) is 0 Å². The lowest BCUT2D eigenvalue weighted by atomic mass is 9.98. The molecule has 1 aliphatic rings. The number of aliphatic hydroxyl groups is 2. The molecule has 10 heteroatoms. The van der Waals surface area contributed by atoms with Crippen LogP contribution in [0.4, 0.5) is 16.2 Å². The van der Waals surface area contributed by atoms with Crippen LogP contribution in [0.2, 0.25) is 0 Å². The number of aliphatic hydroxyl groups excluding tert-OH is 1. The number of rotatable bonds is 2. The minimum atomic E-state index is -1.87. The molecule has 9 nitrogen and oxygen atoms in total. The van der Waals surface area contributed by atoms with Gasteiger partial charge in [0.1, 0.15) is 17.2 Å². The van der Waals surface area contributed by atoms with Crippen LogP contribution >= 0.6 is 0 Å². The molecule has 0 aliphatic carbocycles. The first-order chi connectivity index (χ1) is 9.86. The van der Waals surface area contributed by atoms with Crippen LogP contribution in [0.1, 0.15) is 13.2 Å². The SMILES string of the molecule is C[C@@]1(O)[C@H](F)[C@@H](CO)O[C@H]1n1cnc2c(N)nc(N)nc21. The normalized spacial score (nSPS) is 32.9. The van der Waals surface area contributed by atoms with Gasteiger partial charge >= 0.3 is 0 Å². The minimum Gasteiger partial charge on any atom is -0.394 e. The van der Waals surface area contributed by atoms with Crippen molar-refractivity contribution < 1.29 is 19.3 Å². The summed E-state index contributed by atoms with van der Waals surface area (Å²) >= 11 is 0. The maximum absolute atomic E-state index is 14.1. The van der Waals surface area contributed by atoms with E-state index < -0.39 is 30.7 Å². The number of nitrogen functional groups attached to an aromatic ring is 2. The number of hydrogen-bond donors (Lipinski definition) is 4. The maximum atomic E-state index is 14.1. The van der Waals surface area contributed by atoms with E-state index in [1.54, 1.807) is 0 Å². The lowest BCUT2D eigenvalue weighted by Crippen LogP contribution is -2.41. The molecular formula is C11H15FN6O3. The molecule has 1 aliphatic heterocycles. The molecule has 4 atom stereocenters. The second kappa shape index (κ2) is 4.48. The van der Waals surface area contributed by atoms with Crippen LogP contribution < -0.4 is 11.5 Å². The number of alkyl halides is 1. The van der Waals surface area contributed by atoms with Crippen molar-refractivity contribution in [3.8, 4) is 0 Å². The standard InChI is InChI=1S/C11H15FN6O3/c1-11(20)6(12)4(2-19)21-9(11)18-3-15-5-7(13)16-10(14)17-8(5)18/h3-4,6,9,19-20H,2H2,1H3,(H4,13,14,16,17)/t4-,6-,9-,11-/m1/s1. The Balaban J connectivity index is 2.13. The Kier molecular flexibility index (Phi) is 2.97. The fourth-order valence-electron chi connectivity index (χ4n) is 2.50. The molecule has 1 saturated heterocycles. The Bertz CT molecular complexity index is 690. The van der Waals surface area contributed by atoms with E-state index in [1.165, 1.54) is 17.8 Å². The van der Waals surface area contributed by atoms with E-state index in [0.29, 0.717) is 0 Å². The van der Waals surface area contributed by atoms with Gasteiger partial charge in [0.2, 0.25) is 5.95 Å². The fraction of sp³-hybridized carbons (Fsp3) is 0.545. The minimum absolute atomic E-state index is 0.0735. The number of aromatic nitrogens is 4. The Labute approximate surface area is 118 Å². The van der Waals surface area contributed by atoms with Gasteiger partial charge in [-0.3, -0.25) is 4.57 Å². The predicted molar refractivity (Wildman–Crippen MR) is 70.7 cm³/mol. The molecule has 3 rings (SSSR count). The highest BCUT2D eigenvalue weighted by molar-refractivity contribution is 5.82. The van der Waals surface area contributed by atoms with Crippen LogP contribution in [0.25, 0.3) is 11.2 Å². The van der Waals surface area contributed by atoms with E-state index in [0.717, 1.165) is 0 Å². The molecule has 2 aromatic heterocycles. The summed E-state index contributed by atoms with van der Waals surface area (Å²) < 4.78 is 20.8. The molecule has 0 saturated carbocycles. The third kappa shape index (κ3) is 1.91. The highest BCUT2D eigenvalue weighted by Gasteiger charge is 2.54. The van der Waals surface area contributed by atoms with Crippen molar-refractivity contribution >= 4 is 22.9 Å². The molecule has 3 heterocycles. The second-order valence-corrected chi connectivity index (χ2v) is 5.13. The van der Waals surface area contributed by atoms with Crippen molar-refractivity contribution in [3.05, 3.63) is 6.33 Å². The summed E-state index contributed by atoms with van der Waals surface area (Å²) in [6.45, 7) is 0.720. The first-order valence-corrected chi connectivity index (χ1v) is 6.24. The zero-order chi connectivity index (χ0) is 15.4. The topological polar surface area (TPSA) is 145 Å². The first kappa shape index (κ1) is 13.9. The van der Waals surface area contributed by atoms with Crippen LogP contribution in [0.15, 0.2) is 6.33 Å². The lowest BCUT2D eigenvalue weighted by molar-refractivity contribution is -0.0892. The van der Waals surface area contributed by atoms with Gasteiger partial charge in [-0.2, -0.15) is 9.97 Å². The largest absolute Gasteiger partial charge is 0.394 e. The van der Waals surface area contributed by atoms with Crippen LogP contribution in [0, 0.1) is 0 Å². The van der Waals surface area contributed by atoms with Crippen LogP contribution in [0.5, 0.6) is 0 Å². The van der Waals surface area contributed by atoms with E-state index in [2.05, 4.69) is 15.0 Å². The number of nitrogens with two attached hydrogens (primary N) is 2. The summed E-state index contributed by atoms with van der Waals surface area (Å²) in [5.74, 6) is -0.000655. The molecule has 6 N–H and O–H groups in total. The van der Waals surface area contributed by atoms with Crippen molar-refractivity contribution in [1.82, 2.24) is 19.5 Å². The highest BCUT2D eigenvalue weighted by atomic mass is 19.1. The van der Waals surface area contributed by atoms with Gasteiger partial charge < -0.3 is 26.4 Å². The summed E-state index contributed by atoms with van der Waals surface area (Å²) in [7, 11) is 0. The molecule has 0 bridgehead atoms. The number of imidazole rings is 1. The summed E-state index contributed by atoms with van der Waals surface area (Å²) in [6, 6.07) is 0. The molecule has 0 amide bonds. The lowest BCUT2D eigenvalue weighted by Gasteiger charge is -2.26. The van der Waals surface area contributed by atoms with Crippen LogP contribution in [-0.4, -0.2) is 54.2 Å². The Morgan fingerprint density at radius 1 is 1.48 bits per heavy atom. The average Bonchev–Trinajstić information content (AvgIpc) is 2.91. The van der Waals surface area contributed by atoms with Gasteiger partial charge in [0, 0.05) is 0 Å². The average molecular weight is 298 g/mol. The summed E-state index contributed by atoms with van der Waals surface area (Å²) in [5, 5.41) is 19.4. The second-order valence-electron chi connectivity index (χ2n) is 5.13. The zero-order valence-corrected chi connectivity index (χ0v) is 11.1. The molecular weight excluding hydrogens is 283 g/mol. The Hall–Kier alpha value is -2.04. The molecule has 114 valence electrons. The number of anilines is 2. The molecule has 21 heavy (non-hydrogen) atoms. The van der Waals surface area contributed by atoms with Gasteiger partial charge in [0.15, 0.2) is 23.9 Å². The fourth-order valence-corrected chi connectivity index (χ4v) is 2.50. The van der Waals surface area contributed by atoms with Gasteiger partial charge in [-0.05, 0) is 6.92 Å². The van der Waals surface area contributed by atoms with E-state index >= 15 is 0 Å². The molecule has 0 spiro atoms. The number of ether oxygens (including phenoxy) is 1. The van der Waals surface area contributed by atoms with Gasteiger partial charge in [-0.15, -0.1) is 0 Å². The Morgan fingerprint density at radius 2 is 2.19 bits per heavy atom. The monoisotopic (exact) mass is 298 g/mol. The predicted octanol–water partition coefficient (Wildman–Crippen LogP) is -1.03. The molecule has 1 fully saturated rings. The van der Waals surface area contributed by atoms with Gasteiger partial charge in [0.05, 0.1) is 12.9 Å². The van der Waals surface area contributed by atoms with Crippen molar-refractivity contribution in [1.29, 1.82) is 0 Å². The van der Waals surface area contributed by atoms with Crippen molar-refractivity contribution in [2.45, 2.75) is 31.0 Å². The summed E-state index contributed by atoms with van der Waals surface area (Å²) in [5.41, 5.74) is 9.86. The third-order valence-corrected chi connectivity index (χ3v) is 3.59. The molecule has 2 aromatic rings. The highest BCUT2D eigenvalue weighted by Crippen LogP contribution is 2.41. The van der Waals surface area contributed by atoms with E-state index in [4.69, 9.17) is 21.3 Å². The molecule has 0 radical (unpaired) electrons. The quantitative estimate of drug-likeness (QED) is 0.550. The number of nitrogens with zero attached hydrogens (tertiary/aromatic N) is 4. The Morgan fingerprint density at radius 3 is 2.81 bits per heavy atom. The first-order valence-electron chi connectivity index (χ1n) is 6.24. The zero-order valence-electron chi connectivity index (χ0n) is 11.1. The molecule has 0 aromatic carbocycles. The smallest absolute Gasteiger partial charge is 0.224 e. The van der Waals surface area contributed by atoms with E-state index in [-0.39, 0.29) is 22.9 Å². The van der Waals surface area contributed by atoms with Gasteiger partial charge in [0.25, 0.3) is 0 Å². The van der Waals surface area contributed by atoms with Crippen LogP contribution in [-0.2, 0) is 4.74 Å². The summed E-state index contributed by atoms with van der Waals surface area (Å²) in [6.07, 6.45) is -2.72. The van der Waals surface area contributed by atoms with Gasteiger partial charge in [-0.1, -0.05) is 0 Å².